The Morgan fingerprint density at radius 1 is 1.11 bits per heavy atom. The lowest BCUT2D eigenvalue weighted by atomic mass is 10.1. The van der Waals surface area contributed by atoms with Gasteiger partial charge in [0.2, 0.25) is 5.88 Å². The van der Waals surface area contributed by atoms with Crippen molar-refractivity contribution in [3.05, 3.63) is 48.0 Å². The lowest BCUT2D eigenvalue weighted by Crippen LogP contribution is -2.42. The Balaban J connectivity index is 1.19. The number of benzene rings is 1. The standard InChI is InChI=1S/C20H20N4O3/c25-20(17-11-18(27-23-17)13-5-6-13)24-9-7-14(8-10-24)26-19-12-21-15-3-1-2-4-16(15)22-19/h1-4,11-14H,5-10H2. The molecule has 2 aromatic heterocycles. The van der Waals surface area contributed by atoms with Crippen LogP contribution in [0.2, 0.25) is 0 Å². The maximum atomic E-state index is 12.6. The largest absolute Gasteiger partial charge is 0.473 e. The number of carbonyl (C=O) groups is 1. The Morgan fingerprint density at radius 3 is 2.67 bits per heavy atom. The Bertz CT molecular complexity index is 974. The van der Waals surface area contributed by atoms with Crippen LogP contribution in [0.4, 0.5) is 0 Å². The molecule has 138 valence electrons. The van der Waals surface area contributed by atoms with Crippen molar-refractivity contribution in [1.82, 2.24) is 20.0 Å². The van der Waals surface area contributed by atoms with E-state index in [1.54, 1.807) is 12.3 Å². The monoisotopic (exact) mass is 364 g/mol. The number of hydrogen-bond donors (Lipinski definition) is 0. The Labute approximate surface area is 156 Å². The van der Waals surface area contributed by atoms with Crippen LogP contribution in [0.3, 0.4) is 0 Å². The van der Waals surface area contributed by atoms with E-state index >= 15 is 0 Å². The maximum Gasteiger partial charge on any atom is 0.276 e. The number of rotatable bonds is 4. The van der Waals surface area contributed by atoms with Gasteiger partial charge in [-0.05, 0) is 25.0 Å². The van der Waals surface area contributed by atoms with E-state index in [2.05, 4.69) is 15.1 Å². The highest BCUT2D eigenvalue weighted by Crippen LogP contribution is 2.40. The first-order chi connectivity index (χ1) is 13.3. The van der Waals surface area contributed by atoms with Gasteiger partial charge in [-0.2, -0.15) is 0 Å². The van der Waals surface area contributed by atoms with Crippen molar-refractivity contribution in [2.45, 2.75) is 37.7 Å². The van der Waals surface area contributed by atoms with E-state index in [0.29, 0.717) is 30.6 Å². The van der Waals surface area contributed by atoms with E-state index in [9.17, 15) is 4.79 Å². The zero-order valence-electron chi connectivity index (χ0n) is 14.9. The Hall–Kier alpha value is -2.96. The number of fused-ring (bicyclic) bond motifs is 1. The normalized spacial score (nSPS) is 18.0. The summed E-state index contributed by atoms with van der Waals surface area (Å²) in [5.74, 6) is 1.77. The van der Waals surface area contributed by atoms with Crippen LogP contribution < -0.4 is 4.74 Å². The summed E-state index contributed by atoms with van der Waals surface area (Å²) >= 11 is 0. The lowest BCUT2D eigenvalue weighted by molar-refractivity contribution is 0.0578. The molecule has 27 heavy (non-hydrogen) atoms. The van der Waals surface area contributed by atoms with Crippen LogP contribution in [0, 0.1) is 0 Å². The molecule has 3 heterocycles. The molecule has 5 rings (SSSR count). The van der Waals surface area contributed by atoms with Gasteiger partial charge in [-0.1, -0.05) is 17.3 Å². The summed E-state index contributed by atoms with van der Waals surface area (Å²) in [6.07, 6.45) is 5.46. The first-order valence-electron chi connectivity index (χ1n) is 9.40. The van der Waals surface area contributed by atoms with E-state index in [0.717, 1.165) is 42.5 Å². The van der Waals surface area contributed by atoms with E-state index in [1.165, 1.54) is 0 Å². The van der Waals surface area contributed by atoms with Crippen molar-refractivity contribution < 1.29 is 14.1 Å². The van der Waals surface area contributed by atoms with Gasteiger partial charge in [0.15, 0.2) is 5.69 Å². The molecule has 7 nitrogen and oxygen atoms in total. The molecule has 0 bridgehead atoms. The van der Waals surface area contributed by atoms with Crippen molar-refractivity contribution in [3.63, 3.8) is 0 Å². The van der Waals surface area contributed by atoms with E-state index in [1.807, 2.05) is 29.2 Å². The molecule has 1 saturated heterocycles. The second kappa shape index (κ2) is 6.64. The fraction of sp³-hybridized carbons (Fsp3) is 0.400. The minimum Gasteiger partial charge on any atom is -0.473 e. The van der Waals surface area contributed by atoms with Gasteiger partial charge in [-0.25, -0.2) is 9.97 Å². The van der Waals surface area contributed by atoms with E-state index in [-0.39, 0.29) is 12.0 Å². The highest BCUT2D eigenvalue weighted by molar-refractivity contribution is 5.92. The maximum absolute atomic E-state index is 12.6. The van der Waals surface area contributed by atoms with Crippen molar-refractivity contribution in [1.29, 1.82) is 0 Å². The summed E-state index contributed by atoms with van der Waals surface area (Å²) in [5, 5.41) is 3.95. The number of piperidine rings is 1. The minimum absolute atomic E-state index is 0.0313. The van der Waals surface area contributed by atoms with Crippen LogP contribution in [0.1, 0.15) is 47.8 Å². The summed E-state index contributed by atoms with van der Waals surface area (Å²) < 4.78 is 11.3. The average molecular weight is 364 g/mol. The highest BCUT2D eigenvalue weighted by atomic mass is 16.5. The van der Waals surface area contributed by atoms with Crippen LogP contribution in [-0.4, -0.2) is 45.1 Å². The molecule has 0 atom stereocenters. The fourth-order valence-electron chi connectivity index (χ4n) is 3.46. The second-order valence-electron chi connectivity index (χ2n) is 7.20. The minimum atomic E-state index is -0.0606. The third-order valence-corrected chi connectivity index (χ3v) is 5.17. The van der Waals surface area contributed by atoms with Crippen LogP contribution in [0.15, 0.2) is 41.1 Å². The summed E-state index contributed by atoms with van der Waals surface area (Å²) in [5.41, 5.74) is 2.08. The van der Waals surface area contributed by atoms with Gasteiger partial charge in [-0.3, -0.25) is 4.79 Å². The molecule has 0 N–H and O–H groups in total. The predicted octanol–water partition coefficient (Wildman–Crippen LogP) is 3.18. The van der Waals surface area contributed by atoms with Crippen molar-refractivity contribution in [2.75, 3.05) is 13.1 Å². The molecular formula is C20H20N4O3. The fourth-order valence-corrected chi connectivity index (χ4v) is 3.46. The van der Waals surface area contributed by atoms with Crippen LogP contribution in [0.25, 0.3) is 11.0 Å². The summed E-state index contributed by atoms with van der Waals surface area (Å²) in [4.78, 5) is 23.3. The molecule has 3 aromatic rings. The quantitative estimate of drug-likeness (QED) is 0.707. The third-order valence-electron chi connectivity index (χ3n) is 5.17. The van der Waals surface area contributed by atoms with E-state index < -0.39 is 0 Å². The summed E-state index contributed by atoms with van der Waals surface area (Å²) in [7, 11) is 0. The van der Waals surface area contributed by atoms with E-state index in [4.69, 9.17) is 9.26 Å². The first-order valence-corrected chi connectivity index (χ1v) is 9.40. The summed E-state index contributed by atoms with van der Waals surface area (Å²) in [6, 6.07) is 9.52. The van der Waals surface area contributed by atoms with Crippen LogP contribution in [0.5, 0.6) is 5.88 Å². The number of carbonyl (C=O) groups excluding carboxylic acids is 1. The van der Waals surface area contributed by atoms with Gasteiger partial charge in [0.05, 0.1) is 17.2 Å². The summed E-state index contributed by atoms with van der Waals surface area (Å²) in [6.45, 7) is 1.27. The number of para-hydroxylation sites is 2. The molecule has 2 fully saturated rings. The number of nitrogens with zero attached hydrogens (tertiary/aromatic N) is 4. The van der Waals surface area contributed by atoms with Gasteiger partial charge < -0.3 is 14.2 Å². The van der Waals surface area contributed by atoms with Crippen molar-refractivity contribution in [2.24, 2.45) is 0 Å². The molecule has 0 unspecified atom stereocenters. The number of hydrogen-bond acceptors (Lipinski definition) is 6. The highest BCUT2D eigenvalue weighted by Gasteiger charge is 2.31. The molecule has 7 heteroatoms. The second-order valence-corrected chi connectivity index (χ2v) is 7.20. The third kappa shape index (κ3) is 3.37. The molecule has 2 aliphatic rings. The predicted molar refractivity (Wildman–Crippen MR) is 97.6 cm³/mol. The van der Waals surface area contributed by atoms with Gasteiger partial charge in [0, 0.05) is 37.9 Å². The molecule has 1 aliphatic carbocycles. The van der Waals surface area contributed by atoms with Crippen LogP contribution in [-0.2, 0) is 0 Å². The SMILES string of the molecule is O=C(c1cc(C2CC2)on1)N1CCC(Oc2cnc3ccccc3n2)CC1. The lowest BCUT2D eigenvalue weighted by Gasteiger charge is -2.31. The molecule has 1 aliphatic heterocycles. The van der Waals surface area contributed by atoms with Gasteiger partial charge >= 0.3 is 0 Å². The van der Waals surface area contributed by atoms with Gasteiger partial charge in [-0.15, -0.1) is 0 Å². The van der Waals surface area contributed by atoms with Crippen molar-refractivity contribution in [3.8, 4) is 5.88 Å². The number of likely N-dealkylation sites (tertiary alicyclic amines) is 1. The van der Waals surface area contributed by atoms with Crippen molar-refractivity contribution >= 4 is 16.9 Å². The topological polar surface area (TPSA) is 81.4 Å². The molecule has 1 aromatic carbocycles. The average Bonchev–Trinajstić information content (AvgIpc) is 3.45. The molecule has 0 radical (unpaired) electrons. The number of aromatic nitrogens is 3. The number of amides is 1. The Morgan fingerprint density at radius 2 is 1.89 bits per heavy atom. The molecule has 1 amide bonds. The molecule has 1 saturated carbocycles. The zero-order valence-corrected chi connectivity index (χ0v) is 14.9. The molecule has 0 spiro atoms. The molecular weight excluding hydrogens is 344 g/mol. The van der Waals surface area contributed by atoms with Gasteiger partial charge in [0.25, 0.3) is 5.91 Å². The first kappa shape index (κ1) is 16.2. The zero-order chi connectivity index (χ0) is 18.2. The van der Waals surface area contributed by atoms with Gasteiger partial charge in [0.1, 0.15) is 11.9 Å². The smallest absolute Gasteiger partial charge is 0.276 e. The Kier molecular flexibility index (Phi) is 3.99. The number of ether oxygens (including phenoxy) is 1. The van der Waals surface area contributed by atoms with Crippen LogP contribution >= 0.6 is 0 Å².